The van der Waals surface area contributed by atoms with Gasteiger partial charge in [0.25, 0.3) is 0 Å². The molecule has 0 heterocycles. The molecule has 55 valence electrons. The van der Waals surface area contributed by atoms with Crippen LogP contribution in [0.1, 0.15) is 19.8 Å². The van der Waals surface area contributed by atoms with Crippen molar-refractivity contribution < 1.29 is 15.0 Å². The second-order valence-electron chi connectivity index (χ2n) is 1.40. The third-order valence-corrected chi connectivity index (χ3v) is 0.498. The summed E-state index contributed by atoms with van der Waals surface area (Å²) in [5.41, 5.74) is 4.03. The van der Waals surface area contributed by atoms with E-state index in [9.17, 15) is 5.11 Å². The molecule has 9 heavy (non-hydrogen) atoms. The normalized spacial score (nSPS) is 7.33. The minimum absolute atomic E-state index is 0.0938. The smallest absolute Gasteiger partial charge is 0.402 e. The second-order valence-corrected chi connectivity index (χ2v) is 1.40. The molecule has 4 heteroatoms. The van der Waals surface area contributed by atoms with E-state index in [0.717, 1.165) is 12.8 Å². The van der Waals surface area contributed by atoms with Crippen molar-refractivity contribution in [2.24, 2.45) is 5.73 Å². The minimum Gasteiger partial charge on any atom is -0.465 e. The summed E-state index contributed by atoms with van der Waals surface area (Å²) in [6.45, 7) is 2.11. The molecule has 0 atom stereocenters. The first-order valence-corrected chi connectivity index (χ1v) is 2.71. The van der Waals surface area contributed by atoms with Gasteiger partial charge in [-0.05, 0) is 6.42 Å². The third kappa shape index (κ3) is 131. The van der Waals surface area contributed by atoms with Crippen molar-refractivity contribution in [1.82, 2.24) is 0 Å². The summed E-state index contributed by atoms with van der Waals surface area (Å²) in [7, 11) is 0. The predicted octanol–water partition coefficient (Wildman–Crippen LogP) is 0.840. The standard InChI is InChI=1S/C4H9O.CH3NO2/c1-2-3-4-5;2-1(3)4/h2-4H2,1H3;2H2,(H,3,4). The van der Waals surface area contributed by atoms with Crippen molar-refractivity contribution in [2.75, 3.05) is 6.61 Å². The summed E-state index contributed by atoms with van der Waals surface area (Å²) in [5, 5.41) is 16.7. The average molecular weight is 134 g/mol. The van der Waals surface area contributed by atoms with Gasteiger partial charge >= 0.3 is 6.09 Å². The van der Waals surface area contributed by atoms with E-state index in [1.807, 2.05) is 6.92 Å². The first-order valence-electron chi connectivity index (χ1n) is 2.71. The molecule has 0 fully saturated rings. The summed E-state index contributed by atoms with van der Waals surface area (Å²) >= 11 is 0. The highest BCUT2D eigenvalue weighted by Gasteiger charge is 1.71. The highest BCUT2D eigenvalue weighted by molar-refractivity contribution is 5.61. The molecular weight excluding hydrogens is 122 g/mol. The van der Waals surface area contributed by atoms with E-state index < -0.39 is 6.09 Å². The van der Waals surface area contributed by atoms with Crippen LogP contribution in [0.2, 0.25) is 0 Å². The summed E-state index contributed by atoms with van der Waals surface area (Å²) in [6, 6.07) is 0. The van der Waals surface area contributed by atoms with Crippen LogP contribution in [0.3, 0.4) is 0 Å². The lowest BCUT2D eigenvalue weighted by Crippen LogP contribution is -2.03. The van der Waals surface area contributed by atoms with Gasteiger partial charge in [0.05, 0.1) is 6.61 Å². The van der Waals surface area contributed by atoms with E-state index in [-0.39, 0.29) is 6.61 Å². The van der Waals surface area contributed by atoms with Crippen molar-refractivity contribution in [1.29, 1.82) is 0 Å². The molecule has 0 saturated carbocycles. The van der Waals surface area contributed by atoms with Crippen LogP contribution in [-0.2, 0) is 5.11 Å². The summed E-state index contributed by atoms with van der Waals surface area (Å²) in [5.74, 6) is 0. The van der Waals surface area contributed by atoms with Gasteiger partial charge in [0.15, 0.2) is 0 Å². The Bertz CT molecular complexity index is 59.2. The van der Waals surface area contributed by atoms with Gasteiger partial charge < -0.3 is 10.8 Å². The van der Waals surface area contributed by atoms with Gasteiger partial charge in [-0.1, -0.05) is 13.3 Å². The number of rotatable bonds is 2. The number of nitrogens with two attached hydrogens (primary N) is 1. The topological polar surface area (TPSA) is 83.2 Å². The first-order chi connectivity index (χ1) is 4.15. The molecule has 0 aromatic heterocycles. The van der Waals surface area contributed by atoms with Gasteiger partial charge in [0, 0.05) is 0 Å². The average Bonchev–Trinajstić information content (AvgIpc) is 1.66. The third-order valence-electron chi connectivity index (χ3n) is 0.498. The quantitative estimate of drug-likeness (QED) is 0.586. The van der Waals surface area contributed by atoms with Crippen molar-refractivity contribution in [3.8, 4) is 0 Å². The van der Waals surface area contributed by atoms with Crippen LogP contribution < -0.4 is 5.73 Å². The van der Waals surface area contributed by atoms with Gasteiger partial charge in [0.1, 0.15) is 0 Å². The van der Waals surface area contributed by atoms with Crippen molar-refractivity contribution in [3.05, 3.63) is 0 Å². The Hall–Kier alpha value is -0.770. The van der Waals surface area contributed by atoms with Gasteiger partial charge in [-0.15, -0.1) is 0 Å². The van der Waals surface area contributed by atoms with Gasteiger partial charge in [0.2, 0.25) is 0 Å². The maximum Gasteiger partial charge on any atom is 0.402 e. The minimum atomic E-state index is -1.33. The fourth-order valence-corrected chi connectivity index (χ4v) is 0.144. The Morgan fingerprint density at radius 2 is 2.00 bits per heavy atom. The number of carboxylic acid groups (broad SMARTS) is 1. The Kier molecular flexibility index (Phi) is 12.6. The molecule has 0 aromatic carbocycles. The largest absolute Gasteiger partial charge is 0.465 e. The number of hydrogen-bond donors (Lipinski definition) is 2. The fourth-order valence-electron chi connectivity index (χ4n) is 0.144. The Morgan fingerprint density at radius 1 is 1.67 bits per heavy atom. The van der Waals surface area contributed by atoms with Crippen LogP contribution in [0.5, 0.6) is 0 Å². The predicted molar refractivity (Wildman–Crippen MR) is 32.7 cm³/mol. The van der Waals surface area contributed by atoms with Crippen LogP contribution in [0.15, 0.2) is 0 Å². The van der Waals surface area contributed by atoms with Crippen LogP contribution in [0.4, 0.5) is 4.79 Å². The number of amides is 1. The van der Waals surface area contributed by atoms with Crippen LogP contribution in [0.25, 0.3) is 0 Å². The Morgan fingerprint density at radius 3 is 2.00 bits per heavy atom. The molecule has 0 spiro atoms. The van der Waals surface area contributed by atoms with Crippen molar-refractivity contribution >= 4 is 6.09 Å². The SMILES string of the molecule is CCCC[O].NC(=O)O. The molecule has 3 N–H and O–H groups in total. The van der Waals surface area contributed by atoms with E-state index in [0.29, 0.717) is 0 Å². The number of unbranched alkanes of at least 4 members (excludes halogenated alkanes) is 1. The maximum absolute atomic E-state index is 9.53. The molecule has 0 bridgehead atoms. The van der Waals surface area contributed by atoms with Crippen molar-refractivity contribution in [2.45, 2.75) is 19.8 Å². The zero-order valence-corrected chi connectivity index (χ0v) is 5.46. The molecule has 0 aliphatic heterocycles. The van der Waals surface area contributed by atoms with E-state index in [2.05, 4.69) is 5.73 Å². The highest BCUT2D eigenvalue weighted by atomic mass is 16.4. The summed E-state index contributed by atoms with van der Waals surface area (Å²) < 4.78 is 0. The molecular formula is C5H12NO3. The first kappa shape index (κ1) is 11.1. The molecule has 0 saturated heterocycles. The van der Waals surface area contributed by atoms with Gasteiger partial charge in [-0.2, -0.15) is 0 Å². The number of hydrogen-bond acceptors (Lipinski definition) is 1. The maximum atomic E-state index is 9.53. The van der Waals surface area contributed by atoms with Gasteiger partial charge in [-0.3, -0.25) is 0 Å². The van der Waals surface area contributed by atoms with Crippen LogP contribution in [0, 0.1) is 0 Å². The molecule has 0 aliphatic carbocycles. The summed E-state index contributed by atoms with van der Waals surface area (Å²) in [6.07, 6.45) is 0.531. The monoisotopic (exact) mass is 134 g/mol. The Labute approximate surface area is 54.3 Å². The van der Waals surface area contributed by atoms with Crippen LogP contribution in [-0.4, -0.2) is 17.8 Å². The highest BCUT2D eigenvalue weighted by Crippen LogP contribution is 1.79. The lowest BCUT2D eigenvalue weighted by Gasteiger charge is -1.76. The second kappa shape index (κ2) is 10.3. The molecule has 0 unspecified atom stereocenters. The molecule has 1 amide bonds. The summed E-state index contributed by atoms with van der Waals surface area (Å²) in [4.78, 5) is 8.78. The molecule has 0 aromatic rings. The molecule has 0 rings (SSSR count). The molecule has 1 radical (unpaired) electrons. The lowest BCUT2D eigenvalue weighted by atomic mass is 10.4. The zero-order chi connectivity index (χ0) is 7.70. The van der Waals surface area contributed by atoms with Gasteiger partial charge in [-0.25, -0.2) is 9.90 Å². The zero-order valence-electron chi connectivity index (χ0n) is 5.46. The van der Waals surface area contributed by atoms with E-state index in [1.165, 1.54) is 0 Å². The van der Waals surface area contributed by atoms with E-state index >= 15 is 0 Å². The fraction of sp³-hybridized carbons (Fsp3) is 0.800. The molecule has 0 aliphatic rings. The molecule has 4 nitrogen and oxygen atoms in total. The lowest BCUT2D eigenvalue weighted by molar-refractivity contribution is 0.188. The van der Waals surface area contributed by atoms with Crippen molar-refractivity contribution in [3.63, 3.8) is 0 Å². The van der Waals surface area contributed by atoms with E-state index in [1.54, 1.807) is 0 Å². The number of carbonyl (C=O) groups is 1. The van der Waals surface area contributed by atoms with Crippen LogP contribution >= 0.6 is 0 Å². The van der Waals surface area contributed by atoms with E-state index in [4.69, 9.17) is 9.90 Å². The number of primary amides is 1. The Balaban J connectivity index is 0.